The molecule has 1 amide bonds. The van der Waals surface area contributed by atoms with Gasteiger partial charge in [-0.05, 0) is 51.7 Å². The van der Waals surface area contributed by atoms with Crippen LogP contribution in [0.25, 0.3) is 0 Å². The van der Waals surface area contributed by atoms with Crippen LogP contribution in [0.1, 0.15) is 40.0 Å². The van der Waals surface area contributed by atoms with Crippen molar-refractivity contribution in [3.05, 3.63) is 23.4 Å². The molecule has 116 valence electrons. The highest BCUT2D eigenvalue weighted by molar-refractivity contribution is 5.69. The van der Waals surface area contributed by atoms with E-state index in [0.29, 0.717) is 12.6 Å². The normalized spacial score (nSPS) is 25.6. The van der Waals surface area contributed by atoms with Gasteiger partial charge in [-0.3, -0.25) is 0 Å². The average molecular weight is 291 g/mol. The van der Waals surface area contributed by atoms with E-state index in [1.807, 2.05) is 25.7 Å². The number of nitrogens with zero attached hydrogens (tertiary/aromatic N) is 2. The first-order valence-corrected chi connectivity index (χ1v) is 7.85. The van der Waals surface area contributed by atoms with E-state index in [9.17, 15) is 4.79 Å². The van der Waals surface area contributed by atoms with Crippen LogP contribution in [-0.4, -0.2) is 47.3 Å². The van der Waals surface area contributed by atoms with Crippen LogP contribution in [0.2, 0.25) is 0 Å². The Labute approximate surface area is 126 Å². The number of hydrazine groups is 1. The summed E-state index contributed by atoms with van der Waals surface area (Å²) in [6.45, 7) is 8.18. The van der Waals surface area contributed by atoms with E-state index in [-0.39, 0.29) is 6.09 Å². The van der Waals surface area contributed by atoms with E-state index in [2.05, 4.69) is 22.6 Å². The van der Waals surface area contributed by atoms with Gasteiger partial charge in [-0.25, -0.2) is 10.2 Å². The molecule has 0 bridgehead atoms. The minimum atomic E-state index is -0.437. The van der Waals surface area contributed by atoms with Crippen molar-refractivity contribution in [1.29, 1.82) is 0 Å². The van der Waals surface area contributed by atoms with Crippen molar-refractivity contribution >= 4 is 6.09 Å². The molecule has 3 aliphatic rings. The number of rotatable bonds is 0. The molecule has 1 saturated heterocycles. The zero-order chi connectivity index (χ0) is 15.0. The smallest absolute Gasteiger partial charge is 0.410 e. The first kappa shape index (κ1) is 14.4. The molecular formula is C16H25N3O2. The summed E-state index contributed by atoms with van der Waals surface area (Å²) in [5.74, 6) is 0. The number of fused-ring (bicyclic) bond motifs is 2. The SMILES string of the molecule is CC(C)(C)OC(=O)N1CCC2NN3CCCC=CC3=C2C1. The molecule has 0 spiro atoms. The van der Waals surface area contributed by atoms with Crippen LogP contribution in [0.3, 0.4) is 0 Å². The van der Waals surface area contributed by atoms with Gasteiger partial charge in [0.15, 0.2) is 0 Å². The molecule has 3 rings (SSSR count). The molecule has 21 heavy (non-hydrogen) atoms. The lowest BCUT2D eigenvalue weighted by atomic mass is 9.98. The van der Waals surface area contributed by atoms with Gasteiger partial charge in [-0.15, -0.1) is 0 Å². The van der Waals surface area contributed by atoms with E-state index < -0.39 is 5.60 Å². The molecule has 0 aromatic carbocycles. The Bertz CT molecular complexity index is 490. The molecule has 3 aliphatic heterocycles. The lowest BCUT2D eigenvalue weighted by Crippen LogP contribution is -2.47. The van der Waals surface area contributed by atoms with Gasteiger partial charge in [-0.1, -0.05) is 6.08 Å². The Morgan fingerprint density at radius 3 is 2.95 bits per heavy atom. The van der Waals surface area contributed by atoms with Gasteiger partial charge in [0, 0.05) is 19.6 Å². The number of amides is 1. The van der Waals surface area contributed by atoms with Crippen LogP contribution in [0.4, 0.5) is 4.79 Å². The van der Waals surface area contributed by atoms with E-state index in [1.54, 1.807) is 0 Å². The fraction of sp³-hybridized carbons (Fsp3) is 0.688. The third-order valence-electron chi connectivity index (χ3n) is 4.08. The van der Waals surface area contributed by atoms with Crippen LogP contribution >= 0.6 is 0 Å². The predicted octanol–water partition coefficient (Wildman–Crippen LogP) is 2.42. The standard InChI is InChI=1S/C16H25N3O2/c1-16(2,3)21-15(20)18-10-8-13-12(11-18)14-7-5-4-6-9-19(14)17-13/h5,7,13,17H,4,6,8-11H2,1-3H3. The Hall–Kier alpha value is -1.49. The van der Waals surface area contributed by atoms with E-state index in [4.69, 9.17) is 4.74 Å². The zero-order valence-corrected chi connectivity index (χ0v) is 13.2. The van der Waals surface area contributed by atoms with Crippen LogP contribution in [-0.2, 0) is 4.74 Å². The van der Waals surface area contributed by atoms with Gasteiger partial charge in [0.05, 0.1) is 11.7 Å². The van der Waals surface area contributed by atoms with Crippen molar-refractivity contribution in [3.8, 4) is 0 Å². The molecule has 5 nitrogen and oxygen atoms in total. The number of likely N-dealkylation sites (tertiary alicyclic amines) is 1. The number of allylic oxidation sites excluding steroid dienone is 2. The number of nitrogens with one attached hydrogen (secondary N) is 1. The van der Waals surface area contributed by atoms with Crippen molar-refractivity contribution < 1.29 is 9.53 Å². The largest absolute Gasteiger partial charge is 0.444 e. The lowest BCUT2D eigenvalue weighted by molar-refractivity contribution is 0.0237. The van der Waals surface area contributed by atoms with Gasteiger partial charge in [0.25, 0.3) is 0 Å². The minimum Gasteiger partial charge on any atom is -0.444 e. The van der Waals surface area contributed by atoms with Gasteiger partial charge < -0.3 is 14.6 Å². The third kappa shape index (κ3) is 3.07. The second kappa shape index (κ2) is 5.37. The summed E-state index contributed by atoms with van der Waals surface area (Å²) in [6, 6.07) is 0.376. The number of hydrogen-bond acceptors (Lipinski definition) is 4. The molecule has 0 aliphatic carbocycles. The second-order valence-corrected chi connectivity index (χ2v) is 6.98. The summed E-state index contributed by atoms with van der Waals surface area (Å²) >= 11 is 0. The molecule has 1 unspecified atom stereocenters. The maximum atomic E-state index is 12.3. The van der Waals surface area contributed by atoms with Crippen LogP contribution < -0.4 is 5.43 Å². The first-order valence-electron chi connectivity index (χ1n) is 7.85. The molecule has 0 aromatic heterocycles. The molecular weight excluding hydrogens is 266 g/mol. The molecule has 1 fully saturated rings. The van der Waals surface area contributed by atoms with E-state index in [0.717, 1.165) is 25.9 Å². The van der Waals surface area contributed by atoms with Crippen molar-refractivity contribution in [2.24, 2.45) is 0 Å². The van der Waals surface area contributed by atoms with Gasteiger partial charge in [-0.2, -0.15) is 0 Å². The zero-order valence-electron chi connectivity index (χ0n) is 13.2. The number of hydrogen-bond donors (Lipinski definition) is 1. The average Bonchev–Trinajstić information content (AvgIpc) is 2.58. The summed E-state index contributed by atoms with van der Waals surface area (Å²) in [5.41, 5.74) is 5.71. The number of ether oxygens (including phenoxy) is 1. The van der Waals surface area contributed by atoms with Crippen molar-refractivity contribution in [3.63, 3.8) is 0 Å². The van der Waals surface area contributed by atoms with Gasteiger partial charge >= 0.3 is 6.09 Å². The summed E-state index contributed by atoms with van der Waals surface area (Å²) in [6.07, 6.45) is 7.47. The van der Waals surface area contributed by atoms with Crippen molar-refractivity contribution in [1.82, 2.24) is 15.3 Å². The highest BCUT2D eigenvalue weighted by Gasteiger charge is 2.36. The minimum absolute atomic E-state index is 0.204. The van der Waals surface area contributed by atoms with E-state index >= 15 is 0 Å². The van der Waals surface area contributed by atoms with Crippen molar-refractivity contribution in [2.45, 2.75) is 51.7 Å². The molecule has 1 atom stereocenters. The fourth-order valence-electron chi connectivity index (χ4n) is 3.11. The number of carbonyl (C=O) groups is 1. The number of carbonyl (C=O) groups excluding carboxylic acids is 1. The number of piperidine rings is 1. The molecule has 0 radical (unpaired) electrons. The van der Waals surface area contributed by atoms with Gasteiger partial charge in [0.2, 0.25) is 0 Å². The second-order valence-electron chi connectivity index (χ2n) is 6.98. The van der Waals surface area contributed by atoms with Crippen LogP contribution in [0.15, 0.2) is 23.4 Å². The Balaban J connectivity index is 1.76. The summed E-state index contributed by atoms with van der Waals surface area (Å²) in [7, 11) is 0. The monoisotopic (exact) mass is 291 g/mol. The quantitative estimate of drug-likeness (QED) is 0.744. The first-order chi connectivity index (χ1) is 9.94. The maximum absolute atomic E-state index is 12.3. The van der Waals surface area contributed by atoms with Crippen LogP contribution in [0, 0.1) is 0 Å². The summed E-state index contributed by atoms with van der Waals surface area (Å²) in [5, 5.41) is 2.25. The third-order valence-corrected chi connectivity index (χ3v) is 4.08. The van der Waals surface area contributed by atoms with Gasteiger partial charge in [0.1, 0.15) is 5.60 Å². The molecule has 1 N–H and O–H groups in total. The van der Waals surface area contributed by atoms with Crippen LogP contribution in [0.5, 0.6) is 0 Å². The fourth-order valence-corrected chi connectivity index (χ4v) is 3.11. The summed E-state index contributed by atoms with van der Waals surface area (Å²) < 4.78 is 5.50. The Morgan fingerprint density at radius 1 is 1.38 bits per heavy atom. The topological polar surface area (TPSA) is 44.8 Å². The molecule has 3 heterocycles. The molecule has 0 aromatic rings. The molecule has 0 saturated carbocycles. The molecule has 5 heteroatoms. The predicted molar refractivity (Wildman–Crippen MR) is 81.5 cm³/mol. The highest BCUT2D eigenvalue weighted by atomic mass is 16.6. The maximum Gasteiger partial charge on any atom is 0.410 e. The Morgan fingerprint density at radius 2 is 2.19 bits per heavy atom. The Kier molecular flexibility index (Phi) is 3.69. The van der Waals surface area contributed by atoms with E-state index in [1.165, 1.54) is 17.7 Å². The lowest BCUT2D eigenvalue weighted by Gasteiger charge is -2.33. The van der Waals surface area contributed by atoms with Crippen molar-refractivity contribution in [2.75, 3.05) is 19.6 Å². The highest BCUT2D eigenvalue weighted by Crippen LogP contribution is 2.30. The summed E-state index contributed by atoms with van der Waals surface area (Å²) in [4.78, 5) is 14.1.